The zero-order chi connectivity index (χ0) is 15.4. The fraction of sp³-hybridized carbons (Fsp3) is 0.333. The summed E-state index contributed by atoms with van der Waals surface area (Å²) in [4.78, 5) is 19.1. The molecule has 0 bridgehead atoms. The Hall–Kier alpha value is -1.92. The number of amides is 1. The number of likely N-dealkylation sites (N-methyl/N-ethyl adjacent to an activating group) is 1. The van der Waals surface area contributed by atoms with Gasteiger partial charge in [-0.25, -0.2) is 4.98 Å². The molecule has 1 heterocycles. The Balaban J connectivity index is 1.93. The van der Waals surface area contributed by atoms with Gasteiger partial charge in [-0.05, 0) is 31.0 Å². The lowest BCUT2D eigenvalue weighted by Gasteiger charge is -2.20. The van der Waals surface area contributed by atoms with Gasteiger partial charge in [0.15, 0.2) is 0 Å². The number of nitrogens with zero attached hydrogens (tertiary/aromatic N) is 2. The maximum atomic E-state index is 12.3. The van der Waals surface area contributed by atoms with Crippen LogP contribution in [-0.2, 0) is 17.8 Å². The minimum atomic E-state index is -0.589. The summed E-state index contributed by atoms with van der Waals surface area (Å²) in [6, 6.07) is 6.14. The molecule has 0 aliphatic carbocycles. The van der Waals surface area contributed by atoms with Crippen LogP contribution in [0.3, 0.4) is 0 Å². The molecule has 0 spiro atoms. The standard InChI is InChI=1S/C15H19N3O2S/c1-10-17-8-13(21-10)9-18(2)15(20)14(16)7-11-3-5-12(19)6-4-11/h3-6,8,14,19H,7,9,16H2,1-2H3. The van der Waals surface area contributed by atoms with Crippen LogP contribution in [0.4, 0.5) is 0 Å². The molecule has 0 saturated carbocycles. The Bertz CT molecular complexity index is 610. The molecule has 0 saturated heterocycles. The van der Waals surface area contributed by atoms with Crippen LogP contribution in [0.5, 0.6) is 5.75 Å². The molecular formula is C15H19N3O2S. The van der Waals surface area contributed by atoms with Crippen LogP contribution in [0.25, 0.3) is 0 Å². The SMILES string of the molecule is Cc1ncc(CN(C)C(=O)C(N)Cc2ccc(O)cc2)s1. The number of aromatic nitrogens is 1. The van der Waals surface area contributed by atoms with E-state index in [4.69, 9.17) is 5.73 Å². The van der Waals surface area contributed by atoms with Gasteiger partial charge in [-0.3, -0.25) is 4.79 Å². The van der Waals surface area contributed by atoms with Crippen molar-refractivity contribution in [2.24, 2.45) is 5.73 Å². The number of nitrogens with two attached hydrogens (primary N) is 1. The lowest BCUT2D eigenvalue weighted by Crippen LogP contribution is -2.42. The first kappa shape index (κ1) is 15.5. The largest absolute Gasteiger partial charge is 0.508 e. The quantitative estimate of drug-likeness (QED) is 0.881. The van der Waals surface area contributed by atoms with Gasteiger partial charge in [-0.15, -0.1) is 11.3 Å². The normalized spacial score (nSPS) is 12.1. The van der Waals surface area contributed by atoms with E-state index in [2.05, 4.69) is 4.98 Å². The molecule has 1 unspecified atom stereocenters. The summed E-state index contributed by atoms with van der Waals surface area (Å²) in [5.41, 5.74) is 6.91. The number of aromatic hydroxyl groups is 1. The van der Waals surface area contributed by atoms with Crippen LogP contribution in [0.2, 0.25) is 0 Å². The Morgan fingerprint density at radius 2 is 2.10 bits per heavy atom. The van der Waals surface area contributed by atoms with Gasteiger partial charge >= 0.3 is 0 Å². The maximum Gasteiger partial charge on any atom is 0.239 e. The van der Waals surface area contributed by atoms with E-state index in [-0.39, 0.29) is 11.7 Å². The molecule has 0 aliphatic rings. The number of rotatable bonds is 5. The second kappa shape index (κ2) is 6.69. The van der Waals surface area contributed by atoms with Gasteiger partial charge in [0.25, 0.3) is 0 Å². The molecular weight excluding hydrogens is 286 g/mol. The van der Waals surface area contributed by atoms with Gasteiger partial charge in [0, 0.05) is 18.1 Å². The highest BCUT2D eigenvalue weighted by Gasteiger charge is 2.19. The molecule has 6 heteroatoms. The second-order valence-corrected chi connectivity index (χ2v) is 6.34. The molecule has 5 nitrogen and oxygen atoms in total. The number of benzene rings is 1. The van der Waals surface area contributed by atoms with Gasteiger partial charge in [0.1, 0.15) is 5.75 Å². The highest BCUT2D eigenvalue weighted by atomic mass is 32.1. The van der Waals surface area contributed by atoms with Crippen LogP contribution in [0.1, 0.15) is 15.4 Å². The van der Waals surface area contributed by atoms with Crippen molar-refractivity contribution in [1.82, 2.24) is 9.88 Å². The number of thiazole rings is 1. The molecule has 1 aromatic carbocycles. The lowest BCUT2D eigenvalue weighted by atomic mass is 10.1. The fourth-order valence-corrected chi connectivity index (χ4v) is 2.89. The van der Waals surface area contributed by atoms with E-state index >= 15 is 0 Å². The first-order valence-corrected chi connectivity index (χ1v) is 7.47. The van der Waals surface area contributed by atoms with Crippen LogP contribution in [-0.4, -0.2) is 34.0 Å². The number of carbonyl (C=O) groups is 1. The minimum Gasteiger partial charge on any atom is -0.508 e. The molecule has 1 amide bonds. The zero-order valence-corrected chi connectivity index (χ0v) is 12.9. The Morgan fingerprint density at radius 3 is 2.67 bits per heavy atom. The predicted octanol–water partition coefficient (Wildman–Crippen LogP) is 1.69. The van der Waals surface area contributed by atoms with Crippen LogP contribution >= 0.6 is 11.3 Å². The van der Waals surface area contributed by atoms with Crippen molar-refractivity contribution in [1.29, 1.82) is 0 Å². The van der Waals surface area contributed by atoms with Crippen LogP contribution in [0, 0.1) is 6.92 Å². The molecule has 21 heavy (non-hydrogen) atoms. The lowest BCUT2D eigenvalue weighted by molar-refractivity contribution is -0.131. The summed E-state index contributed by atoms with van der Waals surface area (Å²) < 4.78 is 0. The Labute approximate surface area is 128 Å². The van der Waals surface area contributed by atoms with Crippen molar-refractivity contribution in [3.63, 3.8) is 0 Å². The molecule has 2 rings (SSSR count). The monoisotopic (exact) mass is 305 g/mol. The third-order valence-corrected chi connectivity index (χ3v) is 4.05. The predicted molar refractivity (Wildman–Crippen MR) is 83.1 cm³/mol. The summed E-state index contributed by atoms with van der Waals surface area (Å²) >= 11 is 1.58. The molecule has 0 fully saturated rings. The second-order valence-electron chi connectivity index (χ2n) is 5.02. The molecule has 0 aliphatic heterocycles. The van der Waals surface area contributed by atoms with Crippen molar-refractivity contribution in [3.8, 4) is 5.75 Å². The van der Waals surface area contributed by atoms with E-state index in [1.54, 1.807) is 53.7 Å². The summed E-state index contributed by atoms with van der Waals surface area (Å²) in [6.45, 7) is 2.46. The van der Waals surface area contributed by atoms with Gasteiger partial charge in [0.05, 0.1) is 17.6 Å². The maximum absolute atomic E-state index is 12.3. The minimum absolute atomic E-state index is 0.103. The summed E-state index contributed by atoms with van der Waals surface area (Å²) in [6.07, 6.45) is 2.24. The van der Waals surface area contributed by atoms with Gasteiger partial charge in [-0.2, -0.15) is 0 Å². The Kier molecular flexibility index (Phi) is 4.93. The Morgan fingerprint density at radius 1 is 1.43 bits per heavy atom. The number of hydrogen-bond donors (Lipinski definition) is 2. The van der Waals surface area contributed by atoms with E-state index in [9.17, 15) is 9.90 Å². The van der Waals surface area contributed by atoms with Gasteiger partial charge < -0.3 is 15.7 Å². The van der Waals surface area contributed by atoms with Crippen LogP contribution in [0.15, 0.2) is 30.5 Å². The molecule has 1 atom stereocenters. The highest BCUT2D eigenvalue weighted by molar-refractivity contribution is 7.11. The van der Waals surface area contributed by atoms with Crippen molar-refractivity contribution in [2.75, 3.05) is 7.05 Å². The molecule has 3 N–H and O–H groups in total. The average Bonchev–Trinajstić information content (AvgIpc) is 2.85. The topological polar surface area (TPSA) is 79.5 Å². The van der Waals surface area contributed by atoms with Gasteiger partial charge in [0.2, 0.25) is 5.91 Å². The number of hydrogen-bond acceptors (Lipinski definition) is 5. The van der Waals surface area contributed by atoms with E-state index < -0.39 is 6.04 Å². The summed E-state index contributed by atoms with van der Waals surface area (Å²) in [7, 11) is 1.74. The van der Waals surface area contributed by atoms with E-state index in [1.165, 1.54) is 0 Å². The highest BCUT2D eigenvalue weighted by Crippen LogP contribution is 2.15. The van der Waals surface area contributed by atoms with Crippen LogP contribution < -0.4 is 5.73 Å². The smallest absolute Gasteiger partial charge is 0.239 e. The van der Waals surface area contributed by atoms with Gasteiger partial charge in [-0.1, -0.05) is 12.1 Å². The number of aryl methyl sites for hydroxylation is 1. The third-order valence-electron chi connectivity index (χ3n) is 3.15. The molecule has 112 valence electrons. The summed E-state index contributed by atoms with van der Waals surface area (Å²) in [5, 5.41) is 10.2. The molecule has 2 aromatic rings. The number of phenols is 1. The van der Waals surface area contributed by atoms with E-state index in [0.29, 0.717) is 13.0 Å². The van der Waals surface area contributed by atoms with Crippen molar-refractivity contribution in [3.05, 3.63) is 45.9 Å². The average molecular weight is 305 g/mol. The fourth-order valence-electron chi connectivity index (χ4n) is 2.05. The summed E-state index contributed by atoms with van der Waals surface area (Å²) in [5.74, 6) is 0.102. The van der Waals surface area contributed by atoms with Crippen molar-refractivity contribution < 1.29 is 9.90 Å². The number of carbonyl (C=O) groups excluding carboxylic acids is 1. The first-order valence-electron chi connectivity index (χ1n) is 6.65. The third kappa shape index (κ3) is 4.27. The van der Waals surface area contributed by atoms with E-state index in [1.807, 2.05) is 6.92 Å². The van der Waals surface area contributed by atoms with E-state index in [0.717, 1.165) is 15.4 Å². The zero-order valence-electron chi connectivity index (χ0n) is 12.1. The van der Waals surface area contributed by atoms with Crippen molar-refractivity contribution >= 4 is 17.2 Å². The molecule has 1 aromatic heterocycles. The molecule has 0 radical (unpaired) electrons. The number of phenolic OH excluding ortho intramolecular Hbond substituents is 1. The first-order chi connectivity index (χ1) is 9.95. The van der Waals surface area contributed by atoms with Crippen molar-refractivity contribution in [2.45, 2.75) is 25.9 Å².